The van der Waals surface area contributed by atoms with Gasteiger partial charge in [0, 0.05) is 0 Å². The normalized spacial score (nSPS) is 14.8. The zero-order valence-electron chi connectivity index (χ0n) is 25.2. The van der Waals surface area contributed by atoms with Gasteiger partial charge in [-0.3, -0.25) is 4.79 Å². The Kier molecular flexibility index (Phi) is 27.4. The molecule has 38 heavy (non-hydrogen) atoms. The number of aliphatic hydroxyl groups excluding tert-OH is 4. The van der Waals surface area contributed by atoms with Crippen LogP contribution >= 0.6 is 0 Å². The number of aliphatic hydroxyl groups is 4. The number of unbranched alkanes of at least 4 members (excludes halogenated alkanes) is 20. The van der Waals surface area contributed by atoms with Crippen molar-refractivity contribution in [3.63, 3.8) is 0 Å². The van der Waals surface area contributed by atoms with Crippen LogP contribution in [0.3, 0.4) is 0 Å². The molecule has 0 aromatic rings. The van der Waals surface area contributed by atoms with Crippen LogP contribution in [0.25, 0.3) is 0 Å². The van der Waals surface area contributed by atoms with Crippen molar-refractivity contribution in [2.75, 3.05) is 6.61 Å². The predicted octanol–water partition coefficient (Wildman–Crippen LogP) is 6.95. The topological polar surface area (TPSA) is 110 Å². The van der Waals surface area contributed by atoms with E-state index < -0.39 is 36.9 Å². The van der Waals surface area contributed by atoms with Gasteiger partial charge >= 0.3 is 0 Å². The van der Waals surface area contributed by atoms with E-state index in [1.165, 1.54) is 109 Å². The zero-order chi connectivity index (χ0) is 28.3. The minimum absolute atomic E-state index is 0.372. The molecule has 0 aliphatic rings. The van der Waals surface area contributed by atoms with Gasteiger partial charge < -0.3 is 25.7 Å². The summed E-state index contributed by atoms with van der Waals surface area (Å²) >= 11 is 0. The molecule has 0 saturated carbocycles. The van der Waals surface area contributed by atoms with Crippen molar-refractivity contribution in [3.05, 3.63) is 0 Å². The average Bonchev–Trinajstić information content (AvgIpc) is 2.92. The average molecular weight is 544 g/mol. The Morgan fingerprint density at radius 1 is 0.553 bits per heavy atom. The largest absolute Gasteiger partial charge is 0.394 e. The van der Waals surface area contributed by atoms with Crippen LogP contribution < -0.4 is 5.32 Å². The monoisotopic (exact) mass is 543 g/mol. The van der Waals surface area contributed by atoms with Crippen molar-refractivity contribution in [1.29, 1.82) is 0 Å². The Bertz CT molecular complexity index is 504. The molecule has 228 valence electrons. The van der Waals surface area contributed by atoms with Gasteiger partial charge in [-0.2, -0.15) is 0 Å². The van der Waals surface area contributed by atoms with Crippen molar-refractivity contribution in [2.45, 2.75) is 192 Å². The van der Waals surface area contributed by atoms with E-state index in [0.717, 1.165) is 32.1 Å². The molecular weight excluding hydrogens is 478 g/mol. The highest BCUT2D eigenvalue weighted by atomic mass is 16.3. The summed E-state index contributed by atoms with van der Waals surface area (Å²) in [4.78, 5) is 12.2. The van der Waals surface area contributed by atoms with Gasteiger partial charge in [0.25, 0.3) is 0 Å². The van der Waals surface area contributed by atoms with Gasteiger partial charge in [-0.25, -0.2) is 0 Å². The summed E-state index contributed by atoms with van der Waals surface area (Å²) in [5.41, 5.74) is 0. The van der Waals surface area contributed by atoms with E-state index in [2.05, 4.69) is 12.2 Å². The SMILES string of the molecule is CCCCCCCCCCCCCCCCCCCCCCC(O)C(=O)NC(CO)C(O)C(O)CCCC. The molecule has 0 radical (unpaired) electrons. The molecule has 6 nitrogen and oxygen atoms in total. The molecule has 0 rings (SSSR count). The molecule has 0 aliphatic carbocycles. The van der Waals surface area contributed by atoms with Gasteiger partial charge in [0.15, 0.2) is 0 Å². The van der Waals surface area contributed by atoms with Crippen LogP contribution in [0.4, 0.5) is 0 Å². The number of rotatable bonds is 29. The number of hydrogen-bond donors (Lipinski definition) is 5. The molecule has 4 atom stereocenters. The second kappa shape index (κ2) is 27.9. The van der Waals surface area contributed by atoms with Crippen LogP contribution in [-0.2, 0) is 4.79 Å². The van der Waals surface area contributed by atoms with E-state index in [1.54, 1.807) is 0 Å². The Morgan fingerprint density at radius 3 is 1.29 bits per heavy atom. The fourth-order valence-corrected chi connectivity index (χ4v) is 5.09. The van der Waals surface area contributed by atoms with E-state index >= 15 is 0 Å². The molecule has 0 aromatic heterocycles. The first-order valence-electron chi connectivity index (χ1n) is 16.4. The minimum atomic E-state index is -1.25. The number of nitrogens with one attached hydrogen (secondary N) is 1. The number of carbonyl (C=O) groups excluding carboxylic acids is 1. The molecule has 0 aliphatic heterocycles. The minimum Gasteiger partial charge on any atom is -0.394 e. The van der Waals surface area contributed by atoms with Crippen molar-refractivity contribution in [2.24, 2.45) is 0 Å². The van der Waals surface area contributed by atoms with Crippen molar-refractivity contribution in [3.8, 4) is 0 Å². The van der Waals surface area contributed by atoms with Gasteiger partial charge in [-0.1, -0.05) is 155 Å². The summed E-state index contributed by atoms with van der Waals surface area (Å²) in [6, 6.07) is -0.973. The highest BCUT2D eigenvalue weighted by Gasteiger charge is 2.28. The number of amides is 1. The molecule has 6 heteroatoms. The van der Waals surface area contributed by atoms with Crippen LogP contribution in [0.5, 0.6) is 0 Å². The lowest BCUT2D eigenvalue weighted by atomic mass is 10.0. The smallest absolute Gasteiger partial charge is 0.249 e. The molecule has 4 unspecified atom stereocenters. The Hall–Kier alpha value is -0.690. The standard InChI is InChI=1S/C32H65NO5/c1-3-5-7-8-9-10-11-12-13-14-15-16-17-18-19-20-21-22-23-24-26-30(36)32(38)33-28(27-34)31(37)29(35)25-6-4-2/h28-31,34-37H,3-27H2,1-2H3,(H,33,38). The second-order valence-corrected chi connectivity index (χ2v) is 11.5. The van der Waals surface area contributed by atoms with Crippen molar-refractivity contribution < 1.29 is 25.2 Å². The van der Waals surface area contributed by atoms with E-state index in [0.29, 0.717) is 12.8 Å². The molecule has 0 fully saturated rings. The van der Waals surface area contributed by atoms with Crippen LogP contribution in [0.2, 0.25) is 0 Å². The maximum Gasteiger partial charge on any atom is 0.249 e. The molecular formula is C32H65NO5. The molecule has 0 saturated heterocycles. The van der Waals surface area contributed by atoms with E-state index in [4.69, 9.17) is 0 Å². The first kappa shape index (κ1) is 37.3. The summed E-state index contributed by atoms with van der Waals surface area (Å²) < 4.78 is 0. The number of hydrogen-bond acceptors (Lipinski definition) is 5. The maximum absolute atomic E-state index is 12.2. The first-order chi connectivity index (χ1) is 18.5. The van der Waals surface area contributed by atoms with Gasteiger partial charge in [-0.05, 0) is 12.8 Å². The second-order valence-electron chi connectivity index (χ2n) is 11.5. The Labute approximate surface area is 235 Å². The summed E-state index contributed by atoms with van der Waals surface area (Å²) in [5.74, 6) is -0.594. The molecule has 1 amide bonds. The third kappa shape index (κ3) is 22.2. The van der Waals surface area contributed by atoms with Gasteiger partial charge in [-0.15, -0.1) is 0 Å². The summed E-state index contributed by atoms with van der Waals surface area (Å²) in [6.45, 7) is 3.78. The van der Waals surface area contributed by atoms with Crippen molar-refractivity contribution >= 4 is 5.91 Å². The van der Waals surface area contributed by atoms with Gasteiger partial charge in [0.2, 0.25) is 5.91 Å². The van der Waals surface area contributed by atoms with E-state index in [9.17, 15) is 25.2 Å². The third-order valence-corrected chi connectivity index (χ3v) is 7.82. The quantitative estimate of drug-likeness (QED) is 0.0656. The molecule has 0 heterocycles. The first-order valence-corrected chi connectivity index (χ1v) is 16.4. The Balaban J connectivity index is 3.55. The maximum atomic E-state index is 12.2. The van der Waals surface area contributed by atoms with Gasteiger partial charge in [0.05, 0.1) is 18.8 Å². The number of carbonyl (C=O) groups is 1. The molecule has 0 spiro atoms. The van der Waals surface area contributed by atoms with E-state index in [-0.39, 0.29) is 0 Å². The molecule has 0 aromatic carbocycles. The lowest BCUT2D eigenvalue weighted by Gasteiger charge is -2.27. The van der Waals surface area contributed by atoms with Crippen LogP contribution in [-0.4, -0.2) is 57.3 Å². The van der Waals surface area contributed by atoms with Crippen LogP contribution in [0, 0.1) is 0 Å². The fraction of sp³-hybridized carbons (Fsp3) is 0.969. The van der Waals surface area contributed by atoms with Crippen LogP contribution in [0.15, 0.2) is 0 Å². The highest BCUT2D eigenvalue weighted by Crippen LogP contribution is 2.15. The van der Waals surface area contributed by atoms with Crippen LogP contribution in [0.1, 0.15) is 168 Å². The predicted molar refractivity (Wildman–Crippen MR) is 159 cm³/mol. The molecule has 0 bridgehead atoms. The van der Waals surface area contributed by atoms with E-state index in [1.807, 2.05) is 6.92 Å². The zero-order valence-corrected chi connectivity index (χ0v) is 25.2. The van der Waals surface area contributed by atoms with Gasteiger partial charge in [0.1, 0.15) is 12.2 Å². The molecule has 5 N–H and O–H groups in total. The lowest BCUT2D eigenvalue weighted by molar-refractivity contribution is -0.132. The summed E-state index contributed by atoms with van der Waals surface area (Å²) in [7, 11) is 0. The Morgan fingerprint density at radius 2 is 0.921 bits per heavy atom. The third-order valence-electron chi connectivity index (χ3n) is 7.82. The summed E-state index contributed by atoms with van der Waals surface area (Å²) in [6.07, 6.45) is 25.3. The lowest BCUT2D eigenvalue weighted by Crippen LogP contribution is -2.53. The fourth-order valence-electron chi connectivity index (χ4n) is 5.09. The van der Waals surface area contributed by atoms with Crippen molar-refractivity contribution in [1.82, 2.24) is 5.32 Å². The summed E-state index contributed by atoms with van der Waals surface area (Å²) in [5, 5.41) is 42.3. The highest BCUT2D eigenvalue weighted by molar-refractivity contribution is 5.80.